The van der Waals surface area contributed by atoms with Gasteiger partial charge < -0.3 is 9.64 Å². The number of halogens is 2. The van der Waals surface area contributed by atoms with Gasteiger partial charge in [-0.25, -0.2) is 13.9 Å². The highest BCUT2D eigenvalue weighted by Crippen LogP contribution is 2.52. The summed E-state index contributed by atoms with van der Waals surface area (Å²) in [6.45, 7) is 0.566. The Morgan fingerprint density at radius 1 is 1.39 bits per heavy atom. The summed E-state index contributed by atoms with van der Waals surface area (Å²) in [4.78, 5) is 2.15. The van der Waals surface area contributed by atoms with Gasteiger partial charge in [0, 0.05) is 36.0 Å². The van der Waals surface area contributed by atoms with Crippen molar-refractivity contribution in [1.29, 1.82) is 0 Å². The number of rotatable bonds is 6. The fourth-order valence-corrected chi connectivity index (χ4v) is 5.22. The predicted octanol–water partition coefficient (Wildman–Crippen LogP) is 1.38. The van der Waals surface area contributed by atoms with Gasteiger partial charge in [-0.3, -0.25) is 0 Å². The number of methoxy groups -OCH3 is 1. The minimum Gasteiger partial charge on any atom is -0.497 e. The fourth-order valence-electron chi connectivity index (χ4n) is 4.34. The summed E-state index contributed by atoms with van der Waals surface area (Å²) >= 11 is 0. The Morgan fingerprint density at radius 3 is 2.71 bits per heavy atom. The number of ether oxygens (including phenoxy) is 1. The molecule has 2 aromatic rings. The van der Waals surface area contributed by atoms with Crippen molar-refractivity contribution in [3.05, 3.63) is 24.4 Å². The molecule has 1 aliphatic heterocycles. The quantitative estimate of drug-likeness (QED) is 0.768. The third-order valence-electron chi connectivity index (χ3n) is 5.61. The number of nitrogens with two attached hydrogens (primary N) is 1. The third kappa shape index (κ3) is 3.38. The van der Waals surface area contributed by atoms with E-state index in [1.807, 2.05) is 18.2 Å². The first-order chi connectivity index (χ1) is 13.2. The minimum atomic E-state index is -4.15. The van der Waals surface area contributed by atoms with Gasteiger partial charge in [0.2, 0.25) is 0 Å². The molecular weight excluding hydrogens is 392 g/mol. The van der Waals surface area contributed by atoms with Gasteiger partial charge in [0.25, 0.3) is 16.6 Å². The molecule has 2 aliphatic rings. The van der Waals surface area contributed by atoms with Crippen LogP contribution in [-0.2, 0) is 10.2 Å². The highest BCUT2D eigenvalue weighted by atomic mass is 32.2. The summed E-state index contributed by atoms with van der Waals surface area (Å²) in [5.41, 5.74) is 1.59. The number of benzene rings is 1. The summed E-state index contributed by atoms with van der Waals surface area (Å²) in [7, 11) is -2.56. The molecule has 2 fully saturated rings. The van der Waals surface area contributed by atoms with Crippen molar-refractivity contribution in [2.45, 2.75) is 25.3 Å². The summed E-state index contributed by atoms with van der Waals surface area (Å²) in [5.74, 6) is 0.697. The maximum atomic E-state index is 12.7. The first kappa shape index (κ1) is 19.2. The molecule has 0 atom stereocenters. The molecule has 0 bridgehead atoms. The fraction of sp³-hybridized carbons (Fsp3) is 0.529. The van der Waals surface area contributed by atoms with E-state index in [0.29, 0.717) is 31.7 Å². The molecule has 4 rings (SSSR count). The molecule has 1 aliphatic carbocycles. The molecule has 0 amide bonds. The van der Waals surface area contributed by atoms with Crippen molar-refractivity contribution in [2.75, 3.05) is 31.6 Å². The topological polar surface area (TPSA) is 102 Å². The van der Waals surface area contributed by atoms with Crippen LogP contribution in [0.15, 0.2) is 24.4 Å². The van der Waals surface area contributed by atoms with Crippen molar-refractivity contribution in [2.24, 2.45) is 10.6 Å². The van der Waals surface area contributed by atoms with Crippen molar-refractivity contribution >= 4 is 26.8 Å². The third-order valence-corrected chi connectivity index (χ3v) is 6.71. The van der Waals surface area contributed by atoms with Crippen LogP contribution in [0.5, 0.6) is 5.75 Å². The second kappa shape index (κ2) is 6.75. The predicted molar refractivity (Wildman–Crippen MR) is 99.6 cm³/mol. The van der Waals surface area contributed by atoms with Gasteiger partial charge in [0.1, 0.15) is 5.75 Å². The first-order valence-electron chi connectivity index (χ1n) is 8.83. The first-order valence-corrected chi connectivity index (χ1v) is 10.3. The monoisotopic (exact) mass is 413 g/mol. The molecule has 8 nitrogen and oxygen atoms in total. The van der Waals surface area contributed by atoms with Crippen LogP contribution in [0, 0.1) is 5.41 Å². The van der Waals surface area contributed by atoms with Gasteiger partial charge in [0.05, 0.1) is 31.1 Å². The van der Waals surface area contributed by atoms with Gasteiger partial charge in [-0.15, -0.1) is 0 Å². The van der Waals surface area contributed by atoms with Crippen LogP contribution < -0.4 is 14.8 Å². The van der Waals surface area contributed by atoms with Crippen LogP contribution in [0.3, 0.4) is 0 Å². The van der Waals surface area contributed by atoms with E-state index in [2.05, 4.69) is 15.1 Å². The zero-order valence-corrected chi connectivity index (χ0v) is 16.1. The number of alkyl halides is 2. The summed E-state index contributed by atoms with van der Waals surface area (Å²) in [6.07, 6.45) is -0.00181. The van der Waals surface area contributed by atoms with E-state index in [0.717, 1.165) is 20.9 Å². The normalized spacial score (nSPS) is 19.3. The van der Waals surface area contributed by atoms with Gasteiger partial charge >= 0.3 is 0 Å². The largest absolute Gasteiger partial charge is 0.497 e. The maximum Gasteiger partial charge on any atom is 0.277 e. The molecule has 28 heavy (non-hydrogen) atoms. The number of aromatic nitrogens is 2. The van der Waals surface area contributed by atoms with E-state index in [-0.39, 0.29) is 5.41 Å². The van der Waals surface area contributed by atoms with Gasteiger partial charge in [-0.1, -0.05) is 0 Å². The lowest BCUT2D eigenvalue weighted by atomic mass is 9.60. The Kier molecular flexibility index (Phi) is 4.63. The highest BCUT2D eigenvalue weighted by molar-refractivity contribution is 7.86. The summed E-state index contributed by atoms with van der Waals surface area (Å²) in [6, 6.07) is 5.13. The van der Waals surface area contributed by atoms with E-state index >= 15 is 0 Å². The van der Waals surface area contributed by atoms with Crippen LogP contribution in [0.1, 0.15) is 12.8 Å². The average molecular weight is 413 g/mol. The van der Waals surface area contributed by atoms with E-state index in [1.165, 1.54) is 0 Å². The molecule has 0 radical (unpaired) electrons. The molecule has 2 heterocycles. The van der Waals surface area contributed by atoms with Crippen molar-refractivity contribution in [1.82, 2.24) is 14.5 Å². The summed E-state index contributed by atoms with van der Waals surface area (Å²) in [5, 5.41) is 14.3. The van der Waals surface area contributed by atoms with E-state index in [4.69, 9.17) is 9.88 Å². The van der Waals surface area contributed by atoms with Crippen molar-refractivity contribution in [3.63, 3.8) is 0 Å². The average Bonchev–Trinajstić information content (AvgIpc) is 2.56. The Bertz CT molecular complexity index is 989. The zero-order chi connectivity index (χ0) is 20.1. The Hall–Kier alpha value is -2.11. The molecule has 0 unspecified atom stereocenters. The van der Waals surface area contributed by atoms with Crippen molar-refractivity contribution in [3.8, 4) is 5.75 Å². The highest BCUT2D eigenvalue weighted by Gasteiger charge is 2.55. The zero-order valence-electron chi connectivity index (χ0n) is 15.3. The number of fused-ring (bicyclic) bond motifs is 1. The molecule has 1 aromatic heterocycles. The Labute approximate surface area is 161 Å². The minimum absolute atomic E-state index is 0.0716. The molecule has 1 spiro atoms. The second-order valence-corrected chi connectivity index (χ2v) is 9.04. The number of anilines is 1. The molecule has 1 saturated heterocycles. The van der Waals surface area contributed by atoms with Crippen molar-refractivity contribution < 1.29 is 21.9 Å². The Morgan fingerprint density at radius 2 is 2.11 bits per heavy atom. The number of nitrogens with zero attached hydrogens (tertiary/aromatic N) is 4. The molecular formula is C17H21F2N5O3S. The maximum absolute atomic E-state index is 12.7. The van der Waals surface area contributed by atoms with Gasteiger partial charge in [0.15, 0.2) is 0 Å². The van der Waals surface area contributed by atoms with Crippen LogP contribution in [-0.4, -0.2) is 62.1 Å². The van der Waals surface area contributed by atoms with Crippen LogP contribution in [0.25, 0.3) is 10.9 Å². The van der Waals surface area contributed by atoms with E-state index in [9.17, 15) is 17.2 Å². The second-order valence-electron chi connectivity index (χ2n) is 7.54. The smallest absolute Gasteiger partial charge is 0.277 e. The Balaban J connectivity index is 1.45. The SMILES string of the molecule is COc1ccc2c(N3CC4(CC(N(CC(F)F)S(N)(=O)=O)C4)C3)cnnc2c1. The van der Waals surface area contributed by atoms with E-state index < -0.39 is 29.2 Å². The molecule has 11 heteroatoms. The molecule has 2 N–H and O–H groups in total. The number of hydrogen-bond acceptors (Lipinski definition) is 6. The lowest BCUT2D eigenvalue weighted by Crippen LogP contribution is -2.68. The van der Waals surface area contributed by atoms with Gasteiger partial charge in [-0.05, 0) is 25.0 Å². The number of hydrogen-bond donors (Lipinski definition) is 1. The van der Waals surface area contributed by atoms with Gasteiger partial charge in [-0.2, -0.15) is 22.9 Å². The molecule has 1 aromatic carbocycles. The standard InChI is InChI=1S/C17H21F2N5O3S/c1-27-12-2-3-13-14(4-12)22-21-7-15(13)23-9-17(10-23)5-11(6-17)24(8-16(18)19)28(20,25)26/h2-4,7,11,16H,5-6,8-10H2,1H3,(H2,20,25,26). The van der Waals surface area contributed by atoms with E-state index in [1.54, 1.807) is 13.3 Å². The van der Waals surface area contributed by atoms with Crippen LogP contribution >= 0.6 is 0 Å². The van der Waals surface area contributed by atoms with Crippen LogP contribution in [0.2, 0.25) is 0 Å². The molecule has 152 valence electrons. The lowest BCUT2D eigenvalue weighted by Gasteiger charge is -2.61. The summed E-state index contributed by atoms with van der Waals surface area (Å²) < 4.78 is 54.7. The van der Waals surface area contributed by atoms with Crippen LogP contribution in [0.4, 0.5) is 14.5 Å². The lowest BCUT2D eigenvalue weighted by molar-refractivity contribution is -0.00405. The molecule has 1 saturated carbocycles.